The maximum absolute atomic E-state index is 12.7. The lowest BCUT2D eigenvalue weighted by atomic mass is 10.2. The Hall–Kier alpha value is -3.43. The van der Waals surface area contributed by atoms with Crippen LogP contribution in [0.4, 0.5) is 17.1 Å². The van der Waals surface area contributed by atoms with E-state index in [0.29, 0.717) is 5.69 Å². The van der Waals surface area contributed by atoms with Crippen LogP contribution < -0.4 is 15.1 Å². The van der Waals surface area contributed by atoms with Gasteiger partial charge in [0.1, 0.15) is 0 Å². The molecule has 1 N–H and O–H groups in total. The summed E-state index contributed by atoms with van der Waals surface area (Å²) in [6, 6.07) is 18.6. The molecule has 4 rings (SSSR count). The number of hydrogen-bond donors (Lipinski definition) is 1. The first-order valence-electron chi connectivity index (χ1n) is 11.7. The molecule has 9 heteroatoms. The van der Waals surface area contributed by atoms with Gasteiger partial charge in [-0.1, -0.05) is 12.1 Å². The molecule has 0 unspecified atom stereocenters. The van der Waals surface area contributed by atoms with Crippen molar-refractivity contribution in [1.82, 2.24) is 9.29 Å². The number of piperazine rings is 1. The fourth-order valence-electron chi connectivity index (χ4n) is 4.09. The van der Waals surface area contributed by atoms with Gasteiger partial charge in [-0.25, -0.2) is 12.7 Å². The monoisotopic (exact) mass is 493 g/mol. The lowest BCUT2D eigenvalue weighted by Gasteiger charge is -2.37. The van der Waals surface area contributed by atoms with Gasteiger partial charge in [0, 0.05) is 75.6 Å². The second-order valence-corrected chi connectivity index (χ2v) is 10.7. The number of carbonyl (C=O) groups is 1. The van der Waals surface area contributed by atoms with Gasteiger partial charge in [-0.3, -0.25) is 9.78 Å². The third-order valence-corrected chi connectivity index (χ3v) is 8.03. The molecule has 2 heterocycles. The SMILES string of the molecule is Cc1cccc(S(=O)(=O)N(C)CCC(=O)Nc2ccc(N3CCN(c4ccncc4)CC3)cc2)c1. The number of hydrogen-bond acceptors (Lipinski definition) is 6. The minimum atomic E-state index is -3.63. The van der Waals surface area contributed by atoms with Crippen LogP contribution in [0.1, 0.15) is 12.0 Å². The molecule has 1 saturated heterocycles. The summed E-state index contributed by atoms with van der Waals surface area (Å²) in [5.74, 6) is -0.227. The third-order valence-electron chi connectivity index (χ3n) is 6.18. The molecule has 0 aliphatic carbocycles. The molecular formula is C26H31N5O3S. The van der Waals surface area contributed by atoms with Gasteiger partial charge >= 0.3 is 0 Å². The molecule has 0 saturated carbocycles. The highest BCUT2D eigenvalue weighted by molar-refractivity contribution is 7.89. The minimum absolute atomic E-state index is 0.0697. The standard InChI is InChI=1S/C26H31N5O3S/c1-21-4-3-5-25(20-21)35(33,34)29(2)15-12-26(32)28-22-6-8-23(9-7-22)30-16-18-31(19-17-30)24-10-13-27-14-11-24/h3-11,13-14,20H,12,15-19H2,1-2H3,(H,28,32). The first-order valence-corrected chi connectivity index (χ1v) is 13.1. The molecule has 1 amide bonds. The summed E-state index contributed by atoms with van der Waals surface area (Å²) in [7, 11) is -2.13. The van der Waals surface area contributed by atoms with E-state index in [1.165, 1.54) is 17.0 Å². The van der Waals surface area contributed by atoms with E-state index in [2.05, 4.69) is 20.1 Å². The van der Waals surface area contributed by atoms with Crippen LogP contribution in [0.15, 0.2) is 78.0 Å². The molecule has 1 aromatic heterocycles. The van der Waals surface area contributed by atoms with Crippen LogP contribution in [0.5, 0.6) is 0 Å². The smallest absolute Gasteiger partial charge is 0.242 e. The summed E-state index contributed by atoms with van der Waals surface area (Å²) >= 11 is 0. The van der Waals surface area contributed by atoms with Crippen LogP contribution in [0, 0.1) is 6.92 Å². The number of pyridine rings is 1. The van der Waals surface area contributed by atoms with Crippen LogP contribution >= 0.6 is 0 Å². The number of aromatic nitrogens is 1. The number of rotatable bonds is 8. The van der Waals surface area contributed by atoms with E-state index >= 15 is 0 Å². The molecule has 0 bridgehead atoms. The van der Waals surface area contributed by atoms with Crippen LogP contribution in [-0.2, 0) is 14.8 Å². The third kappa shape index (κ3) is 6.17. The Labute approximate surface area is 207 Å². The maximum Gasteiger partial charge on any atom is 0.242 e. The van der Waals surface area contributed by atoms with Gasteiger partial charge in [-0.15, -0.1) is 0 Å². The topological polar surface area (TPSA) is 85.8 Å². The number of aryl methyl sites for hydroxylation is 1. The molecule has 0 atom stereocenters. The largest absolute Gasteiger partial charge is 0.368 e. The number of nitrogens with zero attached hydrogens (tertiary/aromatic N) is 4. The average molecular weight is 494 g/mol. The van der Waals surface area contributed by atoms with Crippen LogP contribution in [0.25, 0.3) is 0 Å². The van der Waals surface area contributed by atoms with Gasteiger partial charge in [0.2, 0.25) is 15.9 Å². The van der Waals surface area contributed by atoms with Crippen LogP contribution in [-0.4, -0.2) is 63.4 Å². The molecule has 1 aliphatic heterocycles. The Morgan fingerprint density at radius 2 is 1.54 bits per heavy atom. The Balaban J connectivity index is 1.26. The maximum atomic E-state index is 12.7. The molecule has 0 radical (unpaired) electrons. The van der Waals surface area contributed by atoms with Crippen molar-refractivity contribution in [3.8, 4) is 0 Å². The Morgan fingerprint density at radius 1 is 0.943 bits per heavy atom. The Bertz CT molecular complexity index is 1240. The summed E-state index contributed by atoms with van der Waals surface area (Å²) in [6.07, 6.45) is 3.70. The summed E-state index contributed by atoms with van der Waals surface area (Å²) in [6.45, 7) is 5.64. The molecule has 1 fully saturated rings. The highest BCUT2D eigenvalue weighted by Gasteiger charge is 2.21. The lowest BCUT2D eigenvalue weighted by Crippen LogP contribution is -2.46. The molecule has 35 heavy (non-hydrogen) atoms. The minimum Gasteiger partial charge on any atom is -0.368 e. The van der Waals surface area contributed by atoms with Gasteiger partial charge in [-0.2, -0.15) is 0 Å². The Morgan fingerprint density at radius 3 is 2.14 bits per heavy atom. The zero-order chi connectivity index (χ0) is 24.8. The van der Waals surface area contributed by atoms with Gasteiger partial charge in [0.15, 0.2) is 0 Å². The molecule has 8 nitrogen and oxygen atoms in total. The Kier molecular flexibility index (Phi) is 7.67. The average Bonchev–Trinajstić information content (AvgIpc) is 2.88. The van der Waals surface area contributed by atoms with Crippen LogP contribution in [0.3, 0.4) is 0 Å². The fourth-order valence-corrected chi connectivity index (χ4v) is 5.37. The van der Waals surface area contributed by atoms with Crippen molar-refractivity contribution in [3.05, 3.63) is 78.6 Å². The zero-order valence-electron chi connectivity index (χ0n) is 20.1. The van der Waals surface area contributed by atoms with Crippen molar-refractivity contribution < 1.29 is 13.2 Å². The number of benzene rings is 2. The summed E-state index contributed by atoms with van der Waals surface area (Å²) in [5.41, 5.74) is 3.87. The van der Waals surface area contributed by atoms with Gasteiger partial charge in [0.05, 0.1) is 4.90 Å². The molecular weight excluding hydrogens is 462 g/mol. The number of nitrogens with one attached hydrogen (secondary N) is 1. The highest BCUT2D eigenvalue weighted by Crippen LogP contribution is 2.22. The van der Waals surface area contributed by atoms with Gasteiger partial charge < -0.3 is 15.1 Å². The van der Waals surface area contributed by atoms with Gasteiger partial charge in [0.25, 0.3) is 0 Å². The summed E-state index contributed by atoms with van der Waals surface area (Å²) in [4.78, 5) is 21.4. The first kappa shape index (κ1) is 24.7. The highest BCUT2D eigenvalue weighted by atomic mass is 32.2. The predicted molar refractivity (Wildman–Crippen MR) is 139 cm³/mol. The van der Waals surface area contributed by atoms with Crippen molar-refractivity contribution in [2.45, 2.75) is 18.2 Å². The second-order valence-electron chi connectivity index (χ2n) is 8.67. The number of anilines is 3. The number of amides is 1. The molecule has 3 aromatic rings. The van der Waals surface area contributed by atoms with Crippen molar-refractivity contribution in [2.24, 2.45) is 0 Å². The molecule has 184 valence electrons. The first-order chi connectivity index (χ1) is 16.8. The summed E-state index contributed by atoms with van der Waals surface area (Å²) in [5, 5.41) is 2.86. The molecule has 1 aliphatic rings. The normalized spacial score (nSPS) is 14.3. The van der Waals surface area contributed by atoms with E-state index < -0.39 is 10.0 Å². The van der Waals surface area contributed by atoms with Crippen molar-refractivity contribution in [1.29, 1.82) is 0 Å². The van der Waals surface area contributed by atoms with Crippen molar-refractivity contribution >= 4 is 33.0 Å². The quantitative estimate of drug-likeness (QED) is 0.518. The fraction of sp³-hybridized carbons (Fsp3) is 0.308. The van der Waals surface area contributed by atoms with E-state index in [9.17, 15) is 13.2 Å². The predicted octanol–water partition coefficient (Wildman–Crippen LogP) is 3.37. The zero-order valence-corrected chi connectivity index (χ0v) is 20.9. The van der Waals surface area contributed by atoms with E-state index in [-0.39, 0.29) is 23.8 Å². The van der Waals surface area contributed by atoms with Gasteiger partial charge in [-0.05, 0) is 61.0 Å². The number of carbonyl (C=O) groups excluding carboxylic acids is 1. The van der Waals surface area contributed by atoms with Crippen LogP contribution in [0.2, 0.25) is 0 Å². The van der Waals surface area contributed by atoms with E-state index in [1.54, 1.807) is 18.2 Å². The van der Waals surface area contributed by atoms with E-state index in [0.717, 1.165) is 37.4 Å². The summed E-state index contributed by atoms with van der Waals surface area (Å²) < 4.78 is 26.7. The number of sulfonamides is 1. The molecule has 2 aromatic carbocycles. The van der Waals surface area contributed by atoms with E-state index in [1.807, 2.05) is 61.8 Å². The molecule has 0 spiro atoms. The second kappa shape index (κ2) is 10.9. The van der Waals surface area contributed by atoms with Crippen molar-refractivity contribution in [3.63, 3.8) is 0 Å². The van der Waals surface area contributed by atoms with Crippen molar-refractivity contribution in [2.75, 3.05) is 54.9 Å². The van der Waals surface area contributed by atoms with E-state index in [4.69, 9.17) is 0 Å². The lowest BCUT2D eigenvalue weighted by molar-refractivity contribution is -0.116.